The van der Waals surface area contributed by atoms with E-state index in [1.807, 2.05) is 0 Å². The van der Waals surface area contributed by atoms with Gasteiger partial charge < -0.3 is 10.2 Å². The molecule has 2 unspecified atom stereocenters. The number of hydrogen-bond acceptors (Lipinski definition) is 3. The zero-order valence-corrected chi connectivity index (χ0v) is 22.9. The van der Waals surface area contributed by atoms with Gasteiger partial charge in [-0.1, -0.05) is 60.1 Å². The van der Waals surface area contributed by atoms with Crippen molar-refractivity contribution in [3.63, 3.8) is 0 Å². The molecular weight excluding hydrogens is 436 g/mol. The number of hydrogen-bond donors (Lipinski definition) is 2. The normalized spacial score (nSPS) is 52.0. The van der Waals surface area contributed by atoms with E-state index in [0.717, 1.165) is 51.2 Å². The lowest BCUT2D eigenvalue weighted by Crippen LogP contribution is -2.65. The highest BCUT2D eigenvalue weighted by Crippen LogP contribution is 2.75. The predicted molar refractivity (Wildman–Crippen MR) is 138 cm³/mol. The number of ketones is 1. The van der Waals surface area contributed by atoms with E-state index in [4.69, 9.17) is 0 Å². The average Bonchev–Trinajstić information content (AvgIpc) is 2.79. The van der Waals surface area contributed by atoms with Crippen LogP contribution in [0.15, 0.2) is 23.5 Å². The minimum atomic E-state index is -0.617. The fourth-order valence-corrected chi connectivity index (χ4v) is 10.8. The molecule has 194 valence electrons. The summed E-state index contributed by atoms with van der Waals surface area (Å²) < 4.78 is 0. The molecule has 4 fully saturated rings. The molecule has 0 aromatic rings. The van der Waals surface area contributed by atoms with Gasteiger partial charge in [0.05, 0.1) is 11.7 Å². The third kappa shape index (κ3) is 2.86. The number of carbonyl (C=O) groups is 2. The van der Waals surface area contributed by atoms with Crippen LogP contribution in [0.3, 0.4) is 0 Å². The van der Waals surface area contributed by atoms with Crippen molar-refractivity contribution in [2.24, 2.45) is 56.7 Å². The van der Waals surface area contributed by atoms with Crippen LogP contribution < -0.4 is 0 Å². The summed E-state index contributed by atoms with van der Waals surface area (Å²) in [6, 6.07) is 0. The molecule has 35 heavy (non-hydrogen) atoms. The first kappa shape index (κ1) is 25.1. The second-order valence-electron chi connectivity index (χ2n) is 14.5. The molecule has 5 aliphatic carbocycles. The Morgan fingerprint density at radius 2 is 1.69 bits per heavy atom. The first-order valence-corrected chi connectivity index (χ1v) is 14.0. The Morgan fingerprint density at radius 3 is 2.31 bits per heavy atom. The quantitative estimate of drug-likeness (QED) is 0.233. The van der Waals surface area contributed by atoms with E-state index in [1.165, 1.54) is 5.57 Å². The van der Waals surface area contributed by atoms with Gasteiger partial charge >= 0.3 is 5.97 Å². The number of carboxylic acids is 1. The summed E-state index contributed by atoms with van der Waals surface area (Å²) in [5.74, 6) is 1.24. The first-order valence-electron chi connectivity index (χ1n) is 14.0. The molecule has 5 aliphatic rings. The lowest BCUT2D eigenvalue weighted by atomic mass is 9.33. The third-order valence-corrected chi connectivity index (χ3v) is 13.2. The van der Waals surface area contributed by atoms with E-state index in [1.54, 1.807) is 0 Å². The number of Topliss-reactive ketones (excluding diaryl/α,β-unsaturated/α-hetero) is 1. The van der Waals surface area contributed by atoms with Gasteiger partial charge in [0.1, 0.15) is 0 Å². The maximum atomic E-state index is 13.2. The number of rotatable bonds is 1. The van der Waals surface area contributed by atoms with Gasteiger partial charge in [-0.3, -0.25) is 9.59 Å². The SMILES string of the molecule is C[C@@H]1CCC2(C(=O)O)CC[C@]3(C)C(=CC[C@@H]4[C@@]5(C)CC(=CO)C(=O)C(C)(C)[C@@H]5CC[C@]43C)C2[C@H]1C. The van der Waals surface area contributed by atoms with Crippen molar-refractivity contribution in [2.45, 2.75) is 99.8 Å². The predicted octanol–water partition coefficient (Wildman–Crippen LogP) is 7.35. The van der Waals surface area contributed by atoms with Crippen molar-refractivity contribution in [3.8, 4) is 0 Å². The Balaban J connectivity index is 1.64. The van der Waals surface area contributed by atoms with Crippen molar-refractivity contribution in [1.82, 2.24) is 0 Å². The lowest BCUT2D eigenvalue weighted by Gasteiger charge is -2.70. The van der Waals surface area contributed by atoms with Crippen LogP contribution in [-0.4, -0.2) is 22.0 Å². The van der Waals surface area contributed by atoms with E-state index in [-0.39, 0.29) is 33.9 Å². The molecule has 0 bridgehead atoms. The standard InChI is InChI=1S/C31H46O4/c1-18-10-13-31(26(34)35)15-14-29(6)21(24(31)19(18)2)8-9-23-28(5)16-20(17-32)25(33)27(3,4)22(28)11-12-30(23,29)7/h8,17-19,22-24,32H,9-16H2,1-7H3,(H,34,35)/t18-,19+,22+,23-,24?,28+,29-,30-,31?/m1/s1. The number of allylic oxidation sites excluding steroid dienone is 3. The monoisotopic (exact) mass is 482 g/mol. The second-order valence-corrected chi connectivity index (χ2v) is 14.5. The molecule has 4 heteroatoms. The summed E-state index contributed by atoms with van der Waals surface area (Å²) >= 11 is 0. The van der Waals surface area contributed by atoms with Crippen molar-refractivity contribution in [3.05, 3.63) is 23.5 Å². The molecule has 0 spiro atoms. The van der Waals surface area contributed by atoms with Crippen molar-refractivity contribution >= 4 is 11.8 Å². The molecule has 5 rings (SSSR count). The maximum Gasteiger partial charge on any atom is 0.310 e. The Bertz CT molecular complexity index is 1020. The highest BCUT2D eigenvalue weighted by molar-refractivity contribution is 6.00. The van der Waals surface area contributed by atoms with Gasteiger partial charge in [-0.15, -0.1) is 0 Å². The summed E-state index contributed by atoms with van der Waals surface area (Å²) in [6.07, 6.45) is 10.8. The van der Waals surface area contributed by atoms with Gasteiger partial charge in [0.25, 0.3) is 0 Å². The van der Waals surface area contributed by atoms with Crippen LogP contribution in [0, 0.1) is 56.7 Å². The fraction of sp³-hybridized carbons (Fsp3) is 0.806. The number of carboxylic acid groups (broad SMARTS) is 1. The van der Waals surface area contributed by atoms with Crippen LogP contribution in [0.1, 0.15) is 99.8 Å². The highest BCUT2D eigenvalue weighted by Gasteiger charge is 2.70. The molecule has 0 aromatic carbocycles. The Kier molecular flexibility index (Phi) is 5.36. The zero-order valence-electron chi connectivity index (χ0n) is 22.9. The number of aliphatic hydroxyl groups excluding tert-OH is 1. The molecule has 0 aliphatic heterocycles. The zero-order chi connectivity index (χ0) is 25.8. The van der Waals surface area contributed by atoms with Crippen molar-refractivity contribution in [1.29, 1.82) is 0 Å². The number of carbonyl (C=O) groups excluding carboxylic acids is 1. The van der Waals surface area contributed by atoms with Gasteiger partial charge in [0, 0.05) is 11.0 Å². The molecular formula is C31H46O4. The van der Waals surface area contributed by atoms with Crippen LogP contribution in [0.4, 0.5) is 0 Å². The van der Waals surface area contributed by atoms with Gasteiger partial charge in [-0.25, -0.2) is 0 Å². The lowest BCUT2D eigenvalue weighted by molar-refractivity contribution is -0.186. The maximum absolute atomic E-state index is 13.2. The van der Waals surface area contributed by atoms with Gasteiger partial charge in [-0.05, 0) is 97.2 Å². The van der Waals surface area contributed by atoms with E-state index in [2.05, 4.69) is 54.5 Å². The summed E-state index contributed by atoms with van der Waals surface area (Å²) in [7, 11) is 0. The van der Waals surface area contributed by atoms with E-state index < -0.39 is 16.8 Å². The molecule has 2 N–H and O–H groups in total. The van der Waals surface area contributed by atoms with Crippen molar-refractivity contribution < 1.29 is 19.8 Å². The molecule has 0 saturated heterocycles. The summed E-state index contributed by atoms with van der Waals surface area (Å²) in [5.41, 5.74) is 0.866. The third-order valence-electron chi connectivity index (χ3n) is 13.2. The first-order chi connectivity index (χ1) is 16.2. The van der Waals surface area contributed by atoms with E-state index in [9.17, 15) is 19.8 Å². The van der Waals surface area contributed by atoms with Gasteiger partial charge in [0.15, 0.2) is 5.78 Å². The van der Waals surface area contributed by atoms with Crippen LogP contribution >= 0.6 is 0 Å². The van der Waals surface area contributed by atoms with Crippen LogP contribution in [0.2, 0.25) is 0 Å². The molecule has 0 radical (unpaired) electrons. The number of aliphatic hydroxyl groups is 1. The van der Waals surface area contributed by atoms with Crippen LogP contribution in [0.25, 0.3) is 0 Å². The summed E-state index contributed by atoms with van der Waals surface area (Å²) in [4.78, 5) is 26.1. The Labute approximate surface area is 211 Å². The topological polar surface area (TPSA) is 74.6 Å². The Morgan fingerprint density at radius 1 is 1.00 bits per heavy atom. The van der Waals surface area contributed by atoms with E-state index >= 15 is 0 Å². The van der Waals surface area contributed by atoms with E-state index in [0.29, 0.717) is 29.7 Å². The van der Waals surface area contributed by atoms with Crippen molar-refractivity contribution in [2.75, 3.05) is 0 Å². The minimum Gasteiger partial charge on any atom is -0.515 e. The molecule has 0 amide bonds. The molecule has 4 saturated carbocycles. The molecule has 9 atom stereocenters. The molecule has 0 aromatic heterocycles. The molecule has 0 heterocycles. The van der Waals surface area contributed by atoms with Gasteiger partial charge in [-0.2, -0.15) is 0 Å². The number of fused-ring (bicyclic) bond motifs is 7. The highest BCUT2D eigenvalue weighted by atomic mass is 16.4. The summed E-state index contributed by atoms with van der Waals surface area (Å²) in [5, 5.41) is 20.6. The smallest absolute Gasteiger partial charge is 0.310 e. The van der Waals surface area contributed by atoms with Crippen LogP contribution in [-0.2, 0) is 9.59 Å². The fourth-order valence-electron chi connectivity index (χ4n) is 10.8. The molecule has 4 nitrogen and oxygen atoms in total. The number of aliphatic carboxylic acids is 1. The van der Waals surface area contributed by atoms with Gasteiger partial charge in [0.2, 0.25) is 0 Å². The second kappa shape index (κ2) is 7.48. The largest absolute Gasteiger partial charge is 0.515 e. The average molecular weight is 483 g/mol. The Hall–Kier alpha value is -1.58. The minimum absolute atomic E-state index is 0.0342. The summed E-state index contributed by atoms with van der Waals surface area (Å²) in [6.45, 7) is 16.1. The van der Waals surface area contributed by atoms with Crippen LogP contribution in [0.5, 0.6) is 0 Å².